The average Bonchev–Trinajstić information content (AvgIpc) is 2.18. The third kappa shape index (κ3) is 1.47. The van der Waals surface area contributed by atoms with Crippen molar-refractivity contribution in [1.29, 1.82) is 0 Å². The number of halogens is 1. The molecule has 1 nitrogen and oxygen atoms in total. The Morgan fingerprint density at radius 2 is 2.08 bits per heavy atom. The summed E-state index contributed by atoms with van der Waals surface area (Å²) in [5, 5.41) is 2.68. The first-order valence-corrected chi connectivity index (χ1v) is 4.33. The molecule has 2 heteroatoms. The maximum atomic E-state index is 6.01. The Kier molecular flexibility index (Phi) is 2.11. The van der Waals surface area contributed by atoms with E-state index in [0.717, 1.165) is 10.8 Å². The van der Waals surface area contributed by atoms with E-state index in [1.165, 1.54) is 0 Å². The highest BCUT2D eigenvalue weighted by Crippen LogP contribution is 2.27. The molecule has 0 aliphatic heterocycles. The number of ether oxygens (including phenoxy) is 1. The summed E-state index contributed by atoms with van der Waals surface area (Å²) in [4.78, 5) is 0. The molecule has 0 atom stereocenters. The molecular weight excluding hydrogens is 184 g/mol. The summed E-state index contributed by atoms with van der Waals surface area (Å²) in [5.41, 5.74) is 0. The Morgan fingerprint density at radius 3 is 2.85 bits per heavy atom. The number of fused-ring (bicyclic) bond motifs is 1. The van der Waals surface area contributed by atoms with Gasteiger partial charge in [-0.25, -0.2) is 0 Å². The summed E-state index contributed by atoms with van der Waals surface area (Å²) in [6.45, 7) is 0. The minimum atomic E-state index is 0.606. The second-order valence-electron chi connectivity index (χ2n) is 2.74. The summed E-state index contributed by atoms with van der Waals surface area (Å²) >= 11 is 6.01. The topological polar surface area (TPSA) is 9.23 Å². The van der Waals surface area contributed by atoms with Gasteiger partial charge in [-0.15, -0.1) is 0 Å². The summed E-state index contributed by atoms with van der Waals surface area (Å²) < 4.78 is 5.06. The van der Waals surface area contributed by atoms with E-state index in [-0.39, 0.29) is 0 Å². The number of methoxy groups -OCH3 is 1. The molecule has 0 N–H and O–H groups in total. The molecule has 0 aliphatic rings. The standard InChI is InChI=1S/C11H8ClO/c1-13-9-6-8-4-2-3-5-10(8)11(12)7-9/h2-6H,1H3. The van der Waals surface area contributed by atoms with Crippen molar-refractivity contribution in [1.82, 2.24) is 0 Å². The largest absolute Gasteiger partial charge is 0.496 e. The van der Waals surface area contributed by atoms with Gasteiger partial charge >= 0.3 is 0 Å². The van der Waals surface area contributed by atoms with Crippen LogP contribution in [-0.4, -0.2) is 7.11 Å². The Hall–Kier alpha value is -1.21. The lowest BCUT2D eigenvalue weighted by molar-refractivity contribution is 0.414. The lowest BCUT2D eigenvalue weighted by atomic mass is 10.1. The molecule has 2 aromatic rings. The molecule has 2 rings (SSSR count). The van der Waals surface area contributed by atoms with Crippen LogP contribution in [-0.2, 0) is 0 Å². The molecule has 0 aromatic heterocycles. The molecule has 0 unspecified atom stereocenters. The van der Waals surface area contributed by atoms with Crippen molar-refractivity contribution in [2.45, 2.75) is 0 Å². The van der Waals surface area contributed by atoms with Crippen LogP contribution in [0.1, 0.15) is 0 Å². The smallest absolute Gasteiger partial charge is 0.129 e. The van der Waals surface area contributed by atoms with E-state index in [0.29, 0.717) is 10.8 Å². The van der Waals surface area contributed by atoms with Crippen molar-refractivity contribution < 1.29 is 4.74 Å². The first-order valence-electron chi connectivity index (χ1n) is 3.96. The van der Waals surface area contributed by atoms with Crippen LogP contribution in [0.2, 0.25) is 5.02 Å². The number of hydrogen-bond acceptors (Lipinski definition) is 1. The van der Waals surface area contributed by atoms with E-state index >= 15 is 0 Å². The maximum Gasteiger partial charge on any atom is 0.129 e. The normalized spacial score (nSPS) is 10.3. The van der Waals surface area contributed by atoms with Gasteiger partial charge in [-0.3, -0.25) is 0 Å². The van der Waals surface area contributed by atoms with Gasteiger partial charge in [0, 0.05) is 11.5 Å². The third-order valence-corrected chi connectivity index (χ3v) is 2.23. The van der Waals surface area contributed by atoms with Crippen LogP contribution in [0.4, 0.5) is 0 Å². The highest BCUT2D eigenvalue weighted by molar-refractivity contribution is 6.35. The number of benzene rings is 2. The lowest BCUT2D eigenvalue weighted by Crippen LogP contribution is -1.83. The van der Waals surface area contributed by atoms with E-state index in [9.17, 15) is 0 Å². The summed E-state index contributed by atoms with van der Waals surface area (Å²) in [7, 11) is 1.61. The zero-order valence-electron chi connectivity index (χ0n) is 7.17. The molecule has 2 aromatic carbocycles. The van der Waals surface area contributed by atoms with E-state index < -0.39 is 0 Å². The van der Waals surface area contributed by atoms with Gasteiger partial charge in [0.25, 0.3) is 0 Å². The predicted molar refractivity (Wildman–Crippen MR) is 54.3 cm³/mol. The maximum absolute atomic E-state index is 6.01. The predicted octanol–water partition coefficient (Wildman–Crippen LogP) is 3.30. The Labute approximate surface area is 81.9 Å². The molecule has 0 saturated carbocycles. The monoisotopic (exact) mass is 191 g/mol. The highest BCUT2D eigenvalue weighted by Gasteiger charge is 2.01. The van der Waals surface area contributed by atoms with Crippen molar-refractivity contribution in [3.8, 4) is 5.75 Å². The molecule has 0 fully saturated rings. The van der Waals surface area contributed by atoms with Gasteiger partial charge in [0.05, 0.1) is 12.1 Å². The minimum absolute atomic E-state index is 0.606. The zero-order chi connectivity index (χ0) is 9.26. The second kappa shape index (κ2) is 3.27. The van der Waals surface area contributed by atoms with Gasteiger partial charge in [0.15, 0.2) is 0 Å². The number of hydrogen-bond donors (Lipinski definition) is 0. The molecule has 0 bridgehead atoms. The Bertz CT molecular complexity index is 437. The van der Waals surface area contributed by atoms with Crippen LogP contribution >= 0.6 is 11.6 Å². The average molecular weight is 192 g/mol. The molecular formula is C11H8ClO. The summed E-state index contributed by atoms with van der Waals surface area (Å²) in [5.74, 6) is 0.670. The van der Waals surface area contributed by atoms with Crippen LogP contribution in [0.25, 0.3) is 10.8 Å². The van der Waals surface area contributed by atoms with E-state index in [1.54, 1.807) is 7.11 Å². The first kappa shape index (κ1) is 8.39. The Balaban J connectivity index is 2.77. The van der Waals surface area contributed by atoms with Gasteiger partial charge in [-0.2, -0.15) is 0 Å². The highest BCUT2D eigenvalue weighted by atomic mass is 35.5. The van der Waals surface area contributed by atoms with Gasteiger partial charge < -0.3 is 4.74 Å². The van der Waals surface area contributed by atoms with Gasteiger partial charge in [-0.05, 0) is 11.5 Å². The van der Waals surface area contributed by atoms with Crippen molar-refractivity contribution in [3.63, 3.8) is 0 Å². The number of rotatable bonds is 1. The van der Waals surface area contributed by atoms with Crippen LogP contribution < -0.4 is 4.74 Å². The van der Waals surface area contributed by atoms with Crippen molar-refractivity contribution in [2.24, 2.45) is 0 Å². The third-order valence-electron chi connectivity index (χ3n) is 1.94. The van der Waals surface area contributed by atoms with Crippen LogP contribution in [0.15, 0.2) is 30.3 Å². The van der Waals surface area contributed by atoms with E-state index in [4.69, 9.17) is 16.3 Å². The zero-order valence-corrected chi connectivity index (χ0v) is 7.93. The fourth-order valence-electron chi connectivity index (χ4n) is 1.29. The Morgan fingerprint density at radius 1 is 1.31 bits per heavy atom. The van der Waals surface area contributed by atoms with Crippen LogP contribution in [0, 0.1) is 6.07 Å². The summed E-state index contributed by atoms with van der Waals surface area (Å²) in [6.07, 6.45) is 0. The van der Waals surface area contributed by atoms with Crippen molar-refractivity contribution in [2.75, 3.05) is 7.11 Å². The second-order valence-corrected chi connectivity index (χ2v) is 3.12. The van der Waals surface area contributed by atoms with Crippen molar-refractivity contribution >= 4 is 22.4 Å². The fourth-order valence-corrected chi connectivity index (χ4v) is 1.55. The molecule has 0 amide bonds. The van der Waals surface area contributed by atoms with E-state index in [2.05, 4.69) is 6.07 Å². The molecule has 13 heavy (non-hydrogen) atoms. The lowest BCUT2D eigenvalue weighted by Gasteiger charge is -2.03. The molecule has 0 spiro atoms. The SMILES string of the molecule is COc1[c]c(Cl)c2ccccc2c1. The van der Waals surface area contributed by atoms with E-state index in [1.807, 2.05) is 30.3 Å². The molecule has 65 valence electrons. The molecule has 0 heterocycles. The molecule has 0 aliphatic carbocycles. The quantitative estimate of drug-likeness (QED) is 0.672. The van der Waals surface area contributed by atoms with Gasteiger partial charge in [-0.1, -0.05) is 35.9 Å². The first-order chi connectivity index (χ1) is 6.31. The minimum Gasteiger partial charge on any atom is -0.496 e. The molecule has 1 radical (unpaired) electrons. The van der Waals surface area contributed by atoms with Gasteiger partial charge in [0.1, 0.15) is 5.75 Å². The van der Waals surface area contributed by atoms with Crippen LogP contribution in [0.3, 0.4) is 0 Å². The van der Waals surface area contributed by atoms with Gasteiger partial charge in [0.2, 0.25) is 0 Å². The summed E-state index contributed by atoms with van der Waals surface area (Å²) in [6, 6.07) is 12.7. The van der Waals surface area contributed by atoms with Crippen LogP contribution in [0.5, 0.6) is 5.75 Å². The van der Waals surface area contributed by atoms with Crippen molar-refractivity contribution in [3.05, 3.63) is 41.4 Å². The molecule has 0 saturated heterocycles. The fraction of sp³-hybridized carbons (Fsp3) is 0.0909.